The Hall–Kier alpha value is -2.69. The van der Waals surface area contributed by atoms with Crippen molar-refractivity contribution in [2.24, 2.45) is 0 Å². The molecule has 0 bridgehead atoms. The lowest BCUT2D eigenvalue weighted by molar-refractivity contribution is 0.102. The van der Waals surface area contributed by atoms with Crippen LogP contribution in [0.1, 0.15) is 29.8 Å². The van der Waals surface area contributed by atoms with Gasteiger partial charge < -0.3 is 20.5 Å². The van der Waals surface area contributed by atoms with Gasteiger partial charge in [-0.05, 0) is 32.4 Å². The SMILES string of the molecule is CCOc1cc(NC(=O)c2ccccc2C)c(OCC)cc1N. The fourth-order valence-corrected chi connectivity index (χ4v) is 2.25. The average Bonchev–Trinajstić information content (AvgIpc) is 2.52. The first-order valence-corrected chi connectivity index (χ1v) is 7.62. The Labute approximate surface area is 136 Å². The van der Waals surface area contributed by atoms with Crippen molar-refractivity contribution in [3.63, 3.8) is 0 Å². The second kappa shape index (κ2) is 7.54. The van der Waals surface area contributed by atoms with Gasteiger partial charge in [0.25, 0.3) is 5.91 Å². The van der Waals surface area contributed by atoms with Gasteiger partial charge in [0.1, 0.15) is 11.5 Å². The van der Waals surface area contributed by atoms with Gasteiger partial charge in [-0.25, -0.2) is 0 Å². The summed E-state index contributed by atoms with van der Waals surface area (Å²) in [6.07, 6.45) is 0. The molecule has 0 saturated heterocycles. The van der Waals surface area contributed by atoms with Crippen molar-refractivity contribution in [2.75, 3.05) is 24.3 Å². The van der Waals surface area contributed by atoms with Crippen LogP contribution in [0.4, 0.5) is 11.4 Å². The van der Waals surface area contributed by atoms with Gasteiger partial charge in [0.05, 0.1) is 24.6 Å². The molecule has 5 heteroatoms. The van der Waals surface area contributed by atoms with Crippen LogP contribution in [0.25, 0.3) is 0 Å². The normalized spacial score (nSPS) is 10.2. The molecule has 0 heterocycles. The van der Waals surface area contributed by atoms with Crippen LogP contribution >= 0.6 is 0 Å². The topological polar surface area (TPSA) is 73.6 Å². The number of carbonyl (C=O) groups is 1. The summed E-state index contributed by atoms with van der Waals surface area (Å²) >= 11 is 0. The zero-order valence-electron chi connectivity index (χ0n) is 13.7. The highest BCUT2D eigenvalue weighted by atomic mass is 16.5. The van der Waals surface area contributed by atoms with Crippen molar-refractivity contribution in [1.82, 2.24) is 0 Å². The molecule has 2 aromatic carbocycles. The lowest BCUT2D eigenvalue weighted by Crippen LogP contribution is -2.14. The van der Waals surface area contributed by atoms with Gasteiger partial charge in [-0.15, -0.1) is 0 Å². The van der Waals surface area contributed by atoms with Crippen molar-refractivity contribution in [2.45, 2.75) is 20.8 Å². The number of aryl methyl sites for hydroxylation is 1. The second-order valence-electron chi connectivity index (χ2n) is 5.02. The van der Waals surface area contributed by atoms with E-state index in [-0.39, 0.29) is 5.91 Å². The molecule has 23 heavy (non-hydrogen) atoms. The van der Waals surface area contributed by atoms with E-state index in [0.717, 1.165) is 5.56 Å². The number of carbonyl (C=O) groups excluding carboxylic acids is 1. The number of anilines is 2. The first kappa shape index (κ1) is 16.7. The van der Waals surface area contributed by atoms with E-state index in [4.69, 9.17) is 15.2 Å². The van der Waals surface area contributed by atoms with Gasteiger partial charge in [-0.2, -0.15) is 0 Å². The van der Waals surface area contributed by atoms with Gasteiger partial charge in [0.15, 0.2) is 0 Å². The van der Waals surface area contributed by atoms with Gasteiger partial charge >= 0.3 is 0 Å². The Morgan fingerprint density at radius 2 is 1.74 bits per heavy atom. The number of amides is 1. The molecule has 122 valence electrons. The molecule has 5 nitrogen and oxygen atoms in total. The number of nitrogens with two attached hydrogens (primary N) is 1. The number of ether oxygens (including phenoxy) is 2. The molecule has 2 aromatic rings. The zero-order chi connectivity index (χ0) is 16.8. The van der Waals surface area contributed by atoms with E-state index >= 15 is 0 Å². The van der Waals surface area contributed by atoms with Crippen molar-refractivity contribution in [3.8, 4) is 11.5 Å². The van der Waals surface area contributed by atoms with Crippen LogP contribution in [0, 0.1) is 6.92 Å². The summed E-state index contributed by atoms with van der Waals surface area (Å²) < 4.78 is 11.1. The first-order chi connectivity index (χ1) is 11.1. The van der Waals surface area contributed by atoms with Crippen LogP contribution in [0.5, 0.6) is 11.5 Å². The number of hydrogen-bond acceptors (Lipinski definition) is 4. The van der Waals surface area contributed by atoms with Crippen molar-refractivity contribution in [1.29, 1.82) is 0 Å². The monoisotopic (exact) mass is 314 g/mol. The van der Waals surface area contributed by atoms with Crippen LogP contribution in [0.3, 0.4) is 0 Å². The number of benzene rings is 2. The van der Waals surface area contributed by atoms with Crippen LogP contribution in [-0.2, 0) is 0 Å². The first-order valence-electron chi connectivity index (χ1n) is 7.62. The van der Waals surface area contributed by atoms with E-state index < -0.39 is 0 Å². The molecule has 3 N–H and O–H groups in total. The quantitative estimate of drug-likeness (QED) is 0.799. The van der Waals surface area contributed by atoms with E-state index in [2.05, 4.69) is 5.32 Å². The maximum absolute atomic E-state index is 12.5. The predicted octanol–water partition coefficient (Wildman–Crippen LogP) is 3.63. The molecule has 2 rings (SSSR count). The Balaban J connectivity index is 2.35. The minimum Gasteiger partial charge on any atom is -0.492 e. The summed E-state index contributed by atoms with van der Waals surface area (Å²) in [5.41, 5.74) is 8.49. The number of hydrogen-bond donors (Lipinski definition) is 2. The van der Waals surface area contributed by atoms with Crippen molar-refractivity contribution < 1.29 is 14.3 Å². The lowest BCUT2D eigenvalue weighted by Gasteiger charge is -2.16. The number of nitrogen functional groups attached to an aromatic ring is 1. The highest BCUT2D eigenvalue weighted by Crippen LogP contribution is 2.35. The average molecular weight is 314 g/mol. The highest BCUT2D eigenvalue weighted by Gasteiger charge is 2.15. The highest BCUT2D eigenvalue weighted by molar-refractivity contribution is 6.06. The molecule has 0 radical (unpaired) electrons. The summed E-state index contributed by atoms with van der Waals surface area (Å²) in [6.45, 7) is 6.61. The third-order valence-electron chi connectivity index (χ3n) is 3.35. The Bertz CT molecular complexity index is 699. The third-order valence-corrected chi connectivity index (χ3v) is 3.35. The number of nitrogens with one attached hydrogen (secondary N) is 1. The largest absolute Gasteiger partial charge is 0.492 e. The summed E-state index contributed by atoms with van der Waals surface area (Å²) in [4.78, 5) is 12.5. The van der Waals surface area contributed by atoms with Crippen molar-refractivity contribution >= 4 is 17.3 Å². The molecule has 0 spiro atoms. The minimum absolute atomic E-state index is 0.198. The minimum atomic E-state index is -0.198. The smallest absolute Gasteiger partial charge is 0.256 e. The molecular formula is C18H22N2O3. The summed E-state index contributed by atoms with van der Waals surface area (Å²) in [5, 5.41) is 2.88. The van der Waals surface area contributed by atoms with E-state index in [1.165, 1.54) is 0 Å². The molecule has 0 aliphatic heterocycles. The third kappa shape index (κ3) is 3.94. The van der Waals surface area contributed by atoms with Crippen LogP contribution < -0.4 is 20.5 Å². The maximum atomic E-state index is 12.5. The Morgan fingerprint density at radius 3 is 2.39 bits per heavy atom. The maximum Gasteiger partial charge on any atom is 0.256 e. The van der Waals surface area contributed by atoms with E-state index in [9.17, 15) is 4.79 Å². The molecule has 0 aliphatic carbocycles. The fraction of sp³-hybridized carbons (Fsp3) is 0.278. The fourth-order valence-electron chi connectivity index (χ4n) is 2.25. The number of rotatable bonds is 6. The van der Waals surface area contributed by atoms with E-state index in [1.54, 1.807) is 18.2 Å². The van der Waals surface area contributed by atoms with Gasteiger partial charge in [0, 0.05) is 17.7 Å². The standard InChI is InChI=1S/C18H22N2O3/c1-4-22-16-11-15(17(23-5-2)10-14(16)19)20-18(21)13-9-7-6-8-12(13)3/h6-11H,4-5,19H2,1-3H3,(H,20,21). The predicted molar refractivity (Wildman–Crippen MR) is 92.3 cm³/mol. The van der Waals surface area contributed by atoms with Crippen LogP contribution in [0.2, 0.25) is 0 Å². The molecule has 0 atom stereocenters. The molecular weight excluding hydrogens is 292 g/mol. The molecule has 1 amide bonds. The summed E-state index contributed by atoms with van der Waals surface area (Å²) in [6, 6.07) is 10.8. The second-order valence-corrected chi connectivity index (χ2v) is 5.02. The molecule has 0 fully saturated rings. The van der Waals surface area contributed by atoms with Crippen molar-refractivity contribution in [3.05, 3.63) is 47.5 Å². The van der Waals surface area contributed by atoms with Crippen LogP contribution in [-0.4, -0.2) is 19.1 Å². The molecule has 0 aliphatic rings. The Kier molecular flexibility index (Phi) is 5.46. The van der Waals surface area contributed by atoms with Gasteiger partial charge in [-0.3, -0.25) is 4.79 Å². The van der Waals surface area contributed by atoms with Gasteiger partial charge in [0.2, 0.25) is 0 Å². The molecule has 0 aromatic heterocycles. The lowest BCUT2D eigenvalue weighted by atomic mass is 10.1. The van der Waals surface area contributed by atoms with Gasteiger partial charge in [-0.1, -0.05) is 18.2 Å². The summed E-state index contributed by atoms with van der Waals surface area (Å²) in [7, 11) is 0. The summed E-state index contributed by atoms with van der Waals surface area (Å²) in [5.74, 6) is 0.850. The Morgan fingerprint density at radius 1 is 1.09 bits per heavy atom. The van der Waals surface area contributed by atoms with Crippen LogP contribution in [0.15, 0.2) is 36.4 Å². The van der Waals surface area contributed by atoms with E-state index in [1.807, 2.05) is 39.0 Å². The zero-order valence-corrected chi connectivity index (χ0v) is 13.7. The molecule has 0 saturated carbocycles. The van der Waals surface area contributed by atoms with E-state index in [0.29, 0.717) is 41.7 Å². The molecule has 0 unspecified atom stereocenters.